The van der Waals surface area contributed by atoms with Crippen LogP contribution in [0.3, 0.4) is 0 Å². The molecule has 0 aliphatic rings. The van der Waals surface area contributed by atoms with Crippen molar-refractivity contribution in [2.24, 2.45) is 0 Å². The molecule has 0 atom stereocenters. The highest BCUT2D eigenvalue weighted by Crippen LogP contribution is 2.24. The van der Waals surface area contributed by atoms with Gasteiger partial charge in [-0.1, -0.05) is 55.3 Å². The third-order valence-corrected chi connectivity index (χ3v) is 4.07. The number of fused-ring (bicyclic) bond motifs is 1. The second kappa shape index (κ2) is 6.18. The number of aromatic nitrogens is 1. The molecule has 2 heteroatoms. The molecule has 0 unspecified atom stereocenters. The SMILES string of the molecule is CCCCn1cc(C(=O)c2cccc(C)c2)c2ccccc21. The quantitative estimate of drug-likeness (QED) is 0.608. The zero-order valence-electron chi connectivity index (χ0n) is 13.2. The maximum Gasteiger partial charge on any atom is 0.195 e. The molecule has 1 aromatic heterocycles. The first-order chi connectivity index (χ1) is 10.7. The minimum Gasteiger partial charge on any atom is -0.347 e. The summed E-state index contributed by atoms with van der Waals surface area (Å²) in [6, 6.07) is 16.0. The Hall–Kier alpha value is -2.35. The lowest BCUT2D eigenvalue weighted by atomic mass is 10.0. The fourth-order valence-corrected chi connectivity index (χ4v) is 2.88. The van der Waals surface area contributed by atoms with Gasteiger partial charge in [-0.15, -0.1) is 0 Å². The molecule has 0 bridgehead atoms. The summed E-state index contributed by atoms with van der Waals surface area (Å²) in [5.41, 5.74) is 3.82. The predicted octanol–water partition coefficient (Wildman–Crippen LogP) is 4.98. The van der Waals surface area contributed by atoms with Crippen LogP contribution in [0.2, 0.25) is 0 Å². The number of hydrogen-bond acceptors (Lipinski definition) is 1. The highest BCUT2D eigenvalue weighted by Gasteiger charge is 2.16. The van der Waals surface area contributed by atoms with Crippen molar-refractivity contribution in [3.63, 3.8) is 0 Å². The molecule has 0 saturated carbocycles. The smallest absolute Gasteiger partial charge is 0.195 e. The van der Waals surface area contributed by atoms with Gasteiger partial charge in [0.05, 0.1) is 0 Å². The number of hydrogen-bond donors (Lipinski definition) is 0. The standard InChI is InChI=1S/C20H21NO/c1-3-4-12-21-14-18(17-10-5-6-11-19(17)21)20(22)16-9-7-8-15(2)13-16/h5-11,13-14H,3-4,12H2,1-2H3. The van der Waals surface area contributed by atoms with E-state index in [1.54, 1.807) is 0 Å². The molecular weight excluding hydrogens is 270 g/mol. The lowest BCUT2D eigenvalue weighted by Crippen LogP contribution is -2.01. The lowest BCUT2D eigenvalue weighted by Gasteiger charge is -2.02. The van der Waals surface area contributed by atoms with Gasteiger partial charge in [-0.05, 0) is 25.5 Å². The maximum absolute atomic E-state index is 12.9. The van der Waals surface area contributed by atoms with Crippen molar-refractivity contribution in [1.82, 2.24) is 4.57 Å². The molecule has 2 nitrogen and oxygen atoms in total. The van der Waals surface area contributed by atoms with Gasteiger partial charge in [-0.2, -0.15) is 0 Å². The van der Waals surface area contributed by atoms with E-state index in [2.05, 4.69) is 17.6 Å². The van der Waals surface area contributed by atoms with E-state index in [1.165, 1.54) is 0 Å². The summed E-state index contributed by atoms with van der Waals surface area (Å²) in [4.78, 5) is 12.9. The zero-order chi connectivity index (χ0) is 15.5. The molecule has 0 amide bonds. The van der Waals surface area contributed by atoms with E-state index in [1.807, 2.05) is 55.6 Å². The predicted molar refractivity (Wildman–Crippen MR) is 91.5 cm³/mol. The zero-order valence-corrected chi connectivity index (χ0v) is 13.2. The summed E-state index contributed by atoms with van der Waals surface area (Å²) in [7, 11) is 0. The van der Waals surface area contributed by atoms with Crippen LogP contribution < -0.4 is 0 Å². The fraction of sp³-hybridized carbons (Fsp3) is 0.250. The first-order valence-corrected chi connectivity index (χ1v) is 7.90. The lowest BCUT2D eigenvalue weighted by molar-refractivity contribution is 0.104. The Labute approximate surface area is 131 Å². The Balaban J connectivity index is 2.08. The van der Waals surface area contributed by atoms with Gasteiger partial charge in [-0.25, -0.2) is 0 Å². The Morgan fingerprint density at radius 3 is 2.68 bits per heavy atom. The number of carbonyl (C=O) groups excluding carboxylic acids is 1. The summed E-state index contributed by atoms with van der Waals surface area (Å²) in [6.07, 6.45) is 4.29. The number of carbonyl (C=O) groups is 1. The largest absolute Gasteiger partial charge is 0.347 e. The van der Waals surface area contributed by atoms with Crippen LogP contribution in [-0.4, -0.2) is 10.4 Å². The van der Waals surface area contributed by atoms with Crippen LogP contribution in [0.4, 0.5) is 0 Å². The molecule has 0 radical (unpaired) electrons. The van der Waals surface area contributed by atoms with Crippen LogP contribution in [0.5, 0.6) is 0 Å². The number of unbranched alkanes of at least 4 members (excludes halogenated alkanes) is 1. The molecule has 0 spiro atoms. The summed E-state index contributed by atoms with van der Waals surface area (Å²) in [5, 5.41) is 1.05. The average molecular weight is 291 g/mol. The number of para-hydroxylation sites is 1. The molecule has 3 rings (SSSR count). The van der Waals surface area contributed by atoms with Crippen LogP contribution in [0.25, 0.3) is 10.9 Å². The van der Waals surface area contributed by atoms with Crippen molar-refractivity contribution >= 4 is 16.7 Å². The van der Waals surface area contributed by atoms with Crippen molar-refractivity contribution in [3.05, 3.63) is 71.4 Å². The highest BCUT2D eigenvalue weighted by atomic mass is 16.1. The summed E-state index contributed by atoms with van der Waals surface area (Å²) >= 11 is 0. The van der Waals surface area contributed by atoms with Crippen LogP contribution in [0.15, 0.2) is 54.7 Å². The van der Waals surface area contributed by atoms with E-state index >= 15 is 0 Å². The minimum absolute atomic E-state index is 0.107. The Morgan fingerprint density at radius 2 is 1.91 bits per heavy atom. The third kappa shape index (κ3) is 2.69. The van der Waals surface area contributed by atoms with Crippen LogP contribution in [-0.2, 0) is 6.54 Å². The number of ketones is 1. The van der Waals surface area contributed by atoms with E-state index in [-0.39, 0.29) is 5.78 Å². The molecule has 0 aliphatic heterocycles. The number of nitrogens with zero attached hydrogens (tertiary/aromatic N) is 1. The number of rotatable bonds is 5. The van der Waals surface area contributed by atoms with Crippen molar-refractivity contribution < 1.29 is 4.79 Å². The van der Waals surface area contributed by atoms with E-state index in [4.69, 9.17) is 0 Å². The van der Waals surface area contributed by atoms with Crippen molar-refractivity contribution in [3.8, 4) is 0 Å². The molecule has 0 saturated heterocycles. The molecule has 3 aromatic rings. The van der Waals surface area contributed by atoms with Gasteiger partial charge >= 0.3 is 0 Å². The molecule has 1 heterocycles. The van der Waals surface area contributed by atoms with Crippen molar-refractivity contribution in [1.29, 1.82) is 0 Å². The van der Waals surface area contributed by atoms with Gasteiger partial charge < -0.3 is 4.57 Å². The molecule has 112 valence electrons. The van der Waals surface area contributed by atoms with Crippen LogP contribution in [0, 0.1) is 6.92 Å². The molecule has 22 heavy (non-hydrogen) atoms. The van der Waals surface area contributed by atoms with E-state index in [0.717, 1.165) is 47.0 Å². The second-order valence-electron chi connectivity index (χ2n) is 5.81. The van der Waals surface area contributed by atoms with Crippen LogP contribution >= 0.6 is 0 Å². The Bertz CT molecular complexity index is 813. The molecule has 0 fully saturated rings. The van der Waals surface area contributed by atoms with E-state index in [9.17, 15) is 4.79 Å². The minimum atomic E-state index is 0.107. The van der Waals surface area contributed by atoms with Crippen molar-refractivity contribution in [2.75, 3.05) is 0 Å². The molecule has 0 aliphatic carbocycles. The monoisotopic (exact) mass is 291 g/mol. The van der Waals surface area contributed by atoms with Gasteiger partial charge in [-0.3, -0.25) is 4.79 Å². The third-order valence-electron chi connectivity index (χ3n) is 4.07. The summed E-state index contributed by atoms with van der Waals surface area (Å²) < 4.78 is 2.21. The summed E-state index contributed by atoms with van der Waals surface area (Å²) in [5.74, 6) is 0.107. The van der Waals surface area contributed by atoms with E-state index < -0.39 is 0 Å². The number of benzene rings is 2. The van der Waals surface area contributed by atoms with E-state index in [0.29, 0.717) is 0 Å². The van der Waals surface area contributed by atoms with Crippen molar-refractivity contribution in [2.45, 2.75) is 33.2 Å². The van der Waals surface area contributed by atoms with Gasteiger partial charge in [0.15, 0.2) is 5.78 Å². The highest BCUT2D eigenvalue weighted by molar-refractivity contribution is 6.16. The van der Waals surface area contributed by atoms with Gasteiger partial charge in [0.1, 0.15) is 0 Å². The summed E-state index contributed by atoms with van der Waals surface area (Å²) in [6.45, 7) is 5.16. The normalized spacial score (nSPS) is 11.0. The van der Waals surface area contributed by atoms with Gasteiger partial charge in [0.25, 0.3) is 0 Å². The fourth-order valence-electron chi connectivity index (χ4n) is 2.88. The number of aryl methyl sites for hydroxylation is 2. The second-order valence-corrected chi connectivity index (χ2v) is 5.81. The topological polar surface area (TPSA) is 22.0 Å². The van der Waals surface area contributed by atoms with Gasteiger partial charge in [0, 0.05) is 34.8 Å². The first-order valence-electron chi connectivity index (χ1n) is 7.90. The maximum atomic E-state index is 12.9. The molecule has 0 N–H and O–H groups in total. The van der Waals surface area contributed by atoms with Crippen LogP contribution in [0.1, 0.15) is 41.3 Å². The average Bonchev–Trinajstić information content (AvgIpc) is 2.91. The Morgan fingerprint density at radius 1 is 1.09 bits per heavy atom. The molecule has 2 aromatic carbocycles. The molecular formula is C20H21NO. The first kappa shape index (κ1) is 14.6. The Kier molecular flexibility index (Phi) is 4.10. The van der Waals surface area contributed by atoms with Gasteiger partial charge in [0.2, 0.25) is 0 Å².